The minimum Gasteiger partial charge on any atom is -0.394 e. The first-order valence-corrected chi connectivity index (χ1v) is 37.7. The highest BCUT2D eigenvalue weighted by atomic mass is 16.7. The molecular formula is C75H145NO10. The van der Waals surface area contributed by atoms with Gasteiger partial charge in [-0.15, -0.1) is 0 Å². The second-order valence-electron chi connectivity index (χ2n) is 26.7. The van der Waals surface area contributed by atoms with E-state index in [4.69, 9.17) is 9.47 Å². The van der Waals surface area contributed by atoms with E-state index in [2.05, 4.69) is 43.5 Å². The Morgan fingerprint density at radius 3 is 1.03 bits per heavy atom. The fourth-order valence-electron chi connectivity index (χ4n) is 12.5. The minimum absolute atomic E-state index is 0.250. The van der Waals surface area contributed by atoms with Crippen molar-refractivity contribution in [3.63, 3.8) is 0 Å². The molecule has 1 saturated heterocycles. The Bertz CT molecular complexity index is 1450. The Morgan fingerprint density at radius 2 is 0.698 bits per heavy atom. The van der Waals surface area contributed by atoms with Crippen LogP contribution in [0.1, 0.15) is 380 Å². The zero-order valence-corrected chi connectivity index (χ0v) is 56.6. The van der Waals surface area contributed by atoms with Gasteiger partial charge >= 0.3 is 0 Å². The standard InChI is InChI=1S/C75H145NO10/c1-3-5-7-9-11-13-15-17-19-21-23-25-27-29-31-32-33-34-35-37-38-40-42-44-46-48-50-52-54-56-58-60-62-67(78)70(80)66(65-85-75-73(83)72(82)71(81)69(64-77)86-75)76-74(84)68(79)63-61-59-57-55-53-51-49-47-45-43-41-39-36-30-28-26-24-22-20-18-16-14-12-10-8-6-4-2/h46,48,54,56,66-73,75,77-83H,3-45,47,49-53,55,57-65H2,1-2H3,(H,76,84)/b48-46+,56-54+. The summed E-state index contributed by atoms with van der Waals surface area (Å²) in [6.45, 7) is 3.51. The van der Waals surface area contributed by atoms with Crippen LogP contribution in [0.4, 0.5) is 0 Å². The third kappa shape index (κ3) is 50.3. The monoisotopic (exact) mass is 1220 g/mol. The Hall–Kier alpha value is -1.41. The van der Waals surface area contributed by atoms with Crippen molar-refractivity contribution in [1.29, 1.82) is 0 Å². The Balaban J connectivity index is 2.19. The molecule has 11 heteroatoms. The number of ether oxygens (including phenoxy) is 2. The Labute approximate surface area is 531 Å². The van der Waals surface area contributed by atoms with Gasteiger partial charge in [0, 0.05) is 0 Å². The SMILES string of the molecule is CCCCCCCCCCCCCCCCCCCCCCCCC/C=C/CC/C=C/CCCC(O)C(O)C(COC1OC(CO)C(O)C(O)C1O)NC(=O)C(O)CCCCCCCCCCCCCCCCCCCCCCCCCCCCC. The van der Waals surface area contributed by atoms with Crippen LogP contribution in [0.5, 0.6) is 0 Å². The van der Waals surface area contributed by atoms with Crippen molar-refractivity contribution < 1.29 is 50.0 Å². The minimum atomic E-state index is -1.67. The number of carbonyl (C=O) groups excluding carboxylic acids is 1. The average molecular weight is 1220 g/mol. The van der Waals surface area contributed by atoms with Crippen LogP contribution in [0.2, 0.25) is 0 Å². The topological polar surface area (TPSA) is 189 Å². The number of aliphatic hydroxyl groups excluding tert-OH is 7. The zero-order chi connectivity index (χ0) is 62.4. The molecule has 0 saturated carbocycles. The van der Waals surface area contributed by atoms with Gasteiger partial charge in [0.05, 0.1) is 25.4 Å². The van der Waals surface area contributed by atoms with Crippen LogP contribution in [-0.4, -0.2) is 110 Å². The van der Waals surface area contributed by atoms with Crippen LogP contribution in [0, 0.1) is 0 Å². The van der Waals surface area contributed by atoms with Crippen molar-refractivity contribution in [3.05, 3.63) is 24.3 Å². The molecule has 1 rings (SSSR count). The lowest BCUT2D eigenvalue weighted by Gasteiger charge is -2.40. The molecule has 510 valence electrons. The summed E-state index contributed by atoms with van der Waals surface area (Å²) in [6.07, 6.45) is 70.0. The van der Waals surface area contributed by atoms with Gasteiger partial charge in [0.15, 0.2) is 6.29 Å². The van der Waals surface area contributed by atoms with Gasteiger partial charge in [0.25, 0.3) is 0 Å². The molecule has 1 aliphatic heterocycles. The highest BCUT2D eigenvalue weighted by Gasteiger charge is 2.44. The lowest BCUT2D eigenvalue weighted by molar-refractivity contribution is -0.303. The van der Waals surface area contributed by atoms with Gasteiger partial charge in [-0.05, 0) is 51.4 Å². The van der Waals surface area contributed by atoms with Gasteiger partial charge in [0.2, 0.25) is 5.91 Å². The maximum Gasteiger partial charge on any atom is 0.249 e. The van der Waals surface area contributed by atoms with E-state index in [-0.39, 0.29) is 12.8 Å². The molecule has 8 N–H and O–H groups in total. The summed E-state index contributed by atoms with van der Waals surface area (Å²) in [5, 5.41) is 76.6. The summed E-state index contributed by atoms with van der Waals surface area (Å²) in [5.41, 5.74) is 0. The van der Waals surface area contributed by atoms with Crippen LogP contribution in [0.25, 0.3) is 0 Å². The van der Waals surface area contributed by atoms with Crippen LogP contribution < -0.4 is 5.32 Å². The molecule has 0 aromatic carbocycles. The number of carbonyl (C=O) groups is 1. The first kappa shape index (κ1) is 82.6. The van der Waals surface area contributed by atoms with E-state index in [1.807, 2.05) is 0 Å². The second kappa shape index (κ2) is 63.7. The lowest BCUT2D eigenvalue weighted by Crippen LogP contribution is -2.60. The number of amides is 1. The zero-order valence-electron chi connectivity index (χ0n) is 56.6. The molecule has 9 unspecified atom stereocenters. The van der Waals surface area contributed by atoms with Crippen LogP contribution in [0.3, 0.4) is 0 Å². The smallest absolute Gasteiger partial charge is 0.249 e. The number of unbranched alkanes of at least 4 members (excludes halogenated alkanes) is 51. The van der Waals surface area contributed by atoms with Gasteiger partial charge in [-0.2, -0.15) is 0 Å². The fourth-order valence-corrected chi connectivity index (χ4v) is 12.5. The van der Waals surface area contributed by atoms with E-state index in [0.717, 1.165) is 38.5 Å². The van der Waals surface area contributed by atoms with E-state index in [1.165, 1.54) is 295 Å². The molecule has 1 aliphatic rings. The van der Waals surface area contributed by atoms with Crippen molar-refractivity contribution in [3.8, 4) is 0 Å². The first-order valence-electron chi connectivity index (χ1n) is 37.7. The van der Waals surface area contributed by atoms with Crippen molar-refractivity contribution in [2.75, 3.05) is 13.2 Å². The molecule has 0 aliphatic carbocycles. The van der Waals surface area contributed by atoms with Gasteiger partial charge in [-0.3, -0.25) is 4.79 Å². The molecule has 86 heavy (non-hydrogen) atoms. The molecule has 0 aromatic heterocycles. The summed E-state index contributed by atoms with van der Waals surface area (Å²) >= 11 is 0. The van der Waals surface area contributed by atoms with Crippen molar-refractivity contribution in [2.24, 2.45) is 0 Å². The number of nitrogens with one attached hydrogen (secondary N) is 1. The van der Waals surface area contributed by atoms with E-state index >= 15 is 0 Å². The first-order chi connectivity index (χ1) is 42.2. The molecule has 1 amide bonds. The van der Waals surface area contributed by atoms with Crippen LogP contribution in [-0.2, 0) is 14.3 Å². The summed E-state index contributed by atoms with van der Waals surface area (Å²) in [6, 6.07) is -1.19. The Morgan fingerprint density at radius 1 is 0.395 bits per heavy atom. The predicted molar refractivity (Wildman–Crippen MR) is 362 cm³/mol. The maximum absolute atomic E-state index is 13.3. The molecule has 0 spiro atoms. The Kier molecular flexibility index (Phi) is 61.2. The number of rotatable bonds is 67. The van der Waals surface area contributed by atoms with Crippen molar-refractivity contribution >= 4 is 5.91 Å². The molecular weight excluding hydrogens is 1070 g/mol. The molecule has 0 aromatic rings. The van der Waals surface area contributed by atoms with E-state index in [9.17, 15) is 40.5 Å². The third-order valence-electron chi connectivity index (χ3n) is 18.5. The predicted octanol–water partition coefficient (Wildman–Crippen LogP) is 18.8. The maximum atomic E-state index is 13.3. The molecule has 0 radical (unpaired) electrons. The molecule has 1 fully saturated rings. The van der Waals surface area contributed by atoms with E-state index in [0.29, 0.717) is 19.3 Å². The number of hydrogen-bond donors (Lipinski definition) is 8. The highest BCUT2D eigenvalue weighted by molar-refractivity contribution is 5.80. The van der Waals surface area contributed by atoms with Gasteiger partial charge in [-0.1, -0.05) is 353 Å². The largest absolute Gasteiger partial charge is 0.394 e. The second-order valence-corrected chi connectivity index (χ2v) is 26.7. The summed E-state index contributed by atoms with van der Waals surface area (Å²) in [4.78, 5) is 13.3. The van der Waals surface area contributed by atoms with Crippen LogP contribution in [0.15, 0.2) is 24.3 Å². The number of aliphatic hydroxyl groups is 7. The number of hydrogen-bond acceptors (Lipinski definition) is 10. The van der Waals surface area contributed by atoms with E-state index in [1.54, 1.807) is 0 Å². The fraction of sp³-hybridized carbons (Fsp3) is 0.933. The molecule has 9 atom stereocenters. The third-order valence-corrected chi connectivity index (χ3v) is 18.5. The van der Waals surface area contributed by atoms with Crippen LogP contribution >= 0.6 is 0 Å². The van der Waals surface area contributed by atoms with Gasteiger partial charge < -0.3 is 50.5 Å². The van der Waals surface area contributed by atoms with Gasteiger partial charge in [-0.25, -0.2) is 0 Å². The van der Waals surface area contributed by atoms with Crippen molar-refractivity contribution in [2.45, 2.75) is 435 Å². The summed E-state index contributed by atoms with van der Waals surface area (Å²) < 4.78 is 11.2. The molecule has 11 nitrogen and oxygen atoms in total. The lowest BCUT2D eigenvalue weighted by atomic mass is 9.98. The average Bonchev–Trinajstić information content (AvgIpc) is 2.54. The van der Waals surface area contributed by atoms with Crippen molar-refractivity contribution in [1.82, 2.24) is 5.32 Å². The summed E-state index contributed by atoms with van der Waals surface area (Å²) in [5.74, 6) is -0.702. The van der Waals surface area contributed by atoms with Gasteiger partial charge in [0.1, 0.15) is 36.6 Å². The normalized spacial score (nSPS) is 18.8. The number of allylic oxidation sites excluding steroid dienone is 4. The quantitative estimate of drug-likeness (QED) is 0.0215. The highest BCUT2D eigenvalue weighted by Crippen LogP contribution is 2.24. The summed E-state index contributed by atoms with van der Waals surface area (Å²) in [7, 11) is 0. The molecule has 1 heterocycles. The van der Waals surface area contributed by atoms with E-state index < -0.39 is 74.2 Å². The molecule has 0 bridgehead atoms.